The number of benzene rings is 1. The summed E-state index contributed by atoms with van der Waals surface area (Å²) in [6, 6.07) is 8.08. The first-order valence-electron chi connectivity index (χ1n) is 5.70. The maximum atomic E-state index is 9.42. The van der Waals surface area contributed by atoms with Gasteiger partial charge in [0.1, 0.15) is 0 Å². The van der Waals surface area contributed by atoms with Gasteiger partial charge in [-0.05, 0) is 44.9 Å². The molecule has 1 fully saturated rings. The van der Waals surface area contributed by atoms with Crippen LogP contribution in [0.25, 0.3) is 0 Å². The molecule has 88 valence electrons. The molecule has 1 aliphatic heterocycles. The van der Waals surface area contributed by atoms with Crippen molar-refractivity contribution >= 4 is 17.3 Å². The average molecular weight is 240 g/mol. The maximum absolute atomic E-state index is 9.42. The number of aliphatic hydroxyl groups excluding tert-OH is 1. The first kappa shape index (κ1) is 11.7. The highest BCUT2D eigenvalue weighted by atomic mass is 35.5. The van der Waals surface area contributed by atoms with Crippen LogP contribution in [0.1, 0.15) is 26.7 Å². The molecule has 3 heteroatoms. The van der Waals surface area contributed by atoms with Crippen LogP contribution in [0.2, 0.25) is 5.02 Å². The number of rotatable bonds is 2. The van der Waals surface area contributed by atoms with Gasteiger partial charge in [0.2, 0.25) is 0 Å². The number of anilines is 1. The number of hydrogen-bond acceptors (Lipinski definition) is 2. The van der Waals surface area contributed by atoms with Gasteiger partial charge < -0.3 is 10.0 Å². The molecule has 0 bridgehead atoms. The molecule has 1 aliphatic rings. The quantitative estimate of drug-likeness (QED) is 0.858. The smallest absolute Gasteiger partial charge is 0.0635 e. The van der Waals surface area contributed by atoms with Crippen LogP contribution in [0.4, 0.5) is 5.69 Å². The third-order valence-corrected chi connectivity index (χ3v) is 3.64. The van der Waals surface area contributed by atoms with Crippen LogP contribution >= 0.6 is 11.6 Å². The minimum absolute atomic E-state index is 0.0953. The van der Waals surface area contributed by atoms with E-state index in [1.165, 1.54) is 0 Å². The monoisotopic (exact) mass is 239 g/mol. The summed E-state index contributed by atoms with van der Waals surface area (Å²) in [7, 11) is 0. The van der Waals surface area contributed by atoms with Crippen molar-refractivity contribution in [3.63, 3.8) is 0 Å². The van der Waals surface area contributed by atoms with E-state index in [1.54, 1.807) is 0 Å². The second-order valence-electron chi connectivity index (χ2n) is 5.04. The molecule has 0 spiro atoms. The first-order chi connectivity index (χ1) is 7.54. The summed E-state index contributed by atoms with van der Waals surface area (Å²) < 4.78 is 0. The van der Waals surface area contributed by atoms with E-state index in [0.29, 0.717) is 0 Å². The second kappa shape index (κ2) is 4.27. The zero-order valence-corrected chi connectivity index (χ0v) is 10.5. The Bertz CT molecular complexity index is 378. The normalized spacial score (nSPS) is 23.8. The van der Waals surface area contributed by atoms with Crippen molar-refractivity contribution < 1.29 is 5.11 Å². The Labute approximate surface area is 102 Å². The van der Waals surface area contributed by atoms with Gasteiger partial charge in [-0.1, -0.05) is 17.7 Å². The summed E-state index contributed by atoms with van der Waals surface area (Å²) in [6.45, 7) is 4.63. The van der Waals surface area contributed by atoms with Crippen LogP contribution in [0, 0.1) is 0 Å². The van der Waals surface area contributed by atoms with Gasteiger partial charge in [0.15, 0.2) is 0 Å². The molecule has 0 unspecified atom stereocenters. The Hall–Kier alpha value is -0.730. The van der Waals surface area contributed by atoms with Crippen LogP contribution in [-0.4, -0.2) is 23.3 Å². The number of nitrogens with zero attached hydrogens (tertiary/aromatic N) is 1. The van der Waals surface area contributed by atoms with Crippen LogP contribution < -0.4 is 4.90 Å². The Morgan fingerprint density at radius 2 is 2.25 bits per heavy atom. The molecule has 0 aliphatic carbocycles. The Morgan fingerprint density at radius 1 is 1.50 bits per heavy atom. The van der Waals surface area contributed by atoms with Crippen LogP contribution in [0.3, 0.4) is 0 Å². The average Bonchev–Trinajstić information content (AvgIpc) is 2.53. The van der Waals surface area contributed by atoms with Crippen molar-refractivity contribution in [3.05, 3.63) is 29.3 Å². The van der Waals surface area contributed by atoms with Gasteiger partial charge in [-0.25, -0.2) is 0 Å². The molecule has 0 aromatic heterocycles. The Morgan fingerprint density at radius 3 is 2.88 bits per heavy atom. The molecule has 1 atom stereocenters. The fourth-order valence-electron chi connectivity index (χ4n) is 2.62. The van der Waals surface area contributed by atoms with E-state index in [9.17, 15) is 5.11 Å². The van der Waals surface area contributed by atoms with Gasteiger partial charge in [0, 0.05) is 16.2 Å². The lowest BCUT2D eigenvalue weighted by Crippen LogP contribution is -2.44. The summed E-state index contributed by atoms with van der Waals surface area (Å²) in [5, 5.41) is 10.2. The summed E-state index contributed by atoms with van der Waals surface area (Å²) in [4.78, 5) is 2.29. The Balaban J connectivity index is 2.36. The molecule has 0 amide bonds. The van der Waals surface area contributed by atoms with E-state index in [2.05, 4.69) is 24.8 Å². The topological polar surface area (TPSA) is 23.5 Å². The van der Waals surface area contributed by atoms with Gasteiger partial charge in [-0.2, -0.15) is 0 Å². The molecule has 1 aromatic rings. The standard InChI is InChI=1S/C13H18ClNO/c1-13(2)7-6-12(9-16)15(13)11-5-3-4-10(14)8-11/h3-5,8,12,16H,6-7,9H2,1-2H3/t12-/m1/s1. The van der Waals surface area contributed by atoms with E-state index in [-0.39, 0.29) is 18.2 Å². The van der Waals surface area contributed by atoms with Gasteiger partial charge in [0.05, 0.1) is 12.6 Å². The zero-order valence-electron chi connectivity index (χ0n) is 9.78. The van der Waals surface area contributed by atoms with Crippen molar-refractivity contribution in [1.29, 1.82) is 0 Å². The van der Waals surface area contributed by atoms with E-state index < -0.39 is 0 Å². The van der Waals surface area contributed by atoms with Crippen LogP contribution in [0.15, 0.2) is 24.3 Å². The summed E-state index contributed by atoms with van der Waals surface area (Å²) >= 11 is 6.02. The van der Waals surface area contributed by atoms with Crippen molar-refractivity contribution in [3.8, 4) is 0 Å². The fourth-order valence-corrected chi connectivity index (χ4v) is 2.81. The molecule has 0 saturated carbocycles. The molecule has 1 N–H and O–H groups in total. The molecule has 0 radical (unpaired) electrons. The summed E-state index contributed by atoms with van der Waals surface area (Å²) in [5.74, 6) is 0. The highest BCUT2D eigenvalue weighted by molar-refractivity contribution is 6.30. The molecule has 1 aromatic carbocycles. The van der Waals surface area contributed by atoms with E-state index in [1.807, 2.05) is 18.2 Å². The minimum atomic E-state index is 0.0953. The van der Waals surface area contributed by atoms with Gasteiger partial charge in [0.25, 0.3) is 0 Å². The predicted molar refractivity (Wildman–Crippen MR) is 68.1 cm³/mol. The SMILES string of the molecule is CC1(C)CC[C@H](CO)N1c1cccc(Cl)c1. The van der Waals surface area contributed by atoms with Crippen molar-refractivity contribution in [2.45, 2.75) is 38.3 Å². The molecule has 16 heavy (non-hydrogen) atoms. The lowest BCUT2D eigenvalue weighted by molar-refractivity contribution is 0.262. The number of halogens is 1. The summed E-state index contributed by atoms with van der Waals surface area (Å²) in [5.41, 5.74) is 1.20. The Kier molecular flexibility index (Phi) is 3.13. The highest BCUT2D eigenvalue weighted by Gasteiger charge is 2.38. The summed E-state index contributed by atoms with van der Waals surface area (Å²) in [6.07, 6.45) is 2.14. The minimum Gasteiger partial charge on any atom is -0.394 e. The molecule has 2 nitrogen and oxygen atoms in total. The third-order valence-electron chi connectivity index (χ3n) is 3.40. The second-order valence-corrected chi connectivity index (χ2v) is 5.47. The van der Waals surface area contributed by atoms with Crippen molar-refractivity contribution in [2.24, 2.45) is 0 Å². The highest BCUT2D eigenvalue weighted by Crippen LogP contribution is 2.38. The largest absolute Gasteiger partial charge is 0.394 e. The lowest BCUT2D eigenvalue weighted by atomic mass is 10.0. The van der Waals surface area contributed by atoms with Gasteiger partial charge >= 0.3 is 0 Å². The fraction of sp³-hybridized carbons (Fsp3) is 0.538. The van der Waals surface area contributed by atoms with Crippen molar-refractivity contribution in [2.75, 3.05) is 11.5 Å². The van der Waals surface area contributed by atoms with Crippen LogP contribution in [0.5, 0.6) is 0 Å². The molecular weight excluding hydrogens is 222 g/mol. The number of hydrogen-bond donors (Lipinski definition) is 1. The maximum Gasteiger partial charge on any atom is 0.0635 e. The van der Waals surface area contributed by atoms with Crippen LogP contribution in [-0.2, 0) is 0 Å². The zero-order chi connectivity index (χ0) is 11.8. The molecule has 2 rings (SSSR count). The number of aliphatic hydroxyl groups is 1. The van der Waals surface area contributed by atoms with Gasteiger partial charge in [-0.3, -0.25) is 0 Å². The van der Waals surface area contributed by atoms with E-state index >= 15 is 0 Å². The third kappa shape index (κ3) is 2.04. The van der Waals surface area contributed by atoms with Gasteiger partial charge in [-0.15, -0.1) is 0 Å². The van der Waals surface area contributed by atoms with Crippen molar-refractivity contribution in [1.82, 2.24) is 0 Å². The molecule has 1 heterocycles. The first-order valence-corrected chi connectivity index (χ1v) is 6.08. The molecular formula is C13H18ClNO. The lowest BCUT2D eigenvalue weighted by Gasteiger charge is -2.37. The van der Waals surface area contributed by atoms with E-state index in [0.717, 1.165) is 23.6 Å². The molecule has 1 saturated heterocycles. The van der Waals surface area contributed by atoms with E-state index in [4.69, 9.17) is 11.6 Å². The predicted octanol–water partition coefficient (Wildman–Crippen LogP) is 3.08.